The molecule has 0 aromatic carbocycles. The third kappa shape index (κ3) is 1.92. The minimum absolute atomic E-state index is 0.233. The number of rotatable bonds is 2. The van der Waals surface area contributed by atoms with Gasteiger partial charge in [-0.25, -0.2) is 15.2 Å². The fourth-order valence-corrected chi connectivity index (χ4v) is 1.53. The largest absolute Gasteiger partial charge is 0.264 e. The van der Waals surface area contributed by atoms with Gasteiger partial charge >= 0.3 is 0 Å². The Morgan fingerprint density at radius 3 is 3.00 bits per heavy atom. The van der Waals surface area contributed by atoms with Gasteiger partial charge in [0.1, 0.15) is 11.9 Å². The Morgan fingerprint density at radius 2 is 2.40 bits per heavy atom. The zero-order valence-electron chi connectivity index (χ0n) is 7.68. The monoisotopic (exact) mass is 212 g/mol. The van der Waals surface area contributed by atoms with Gasteiger partial charge in [0.15, 0.2) is 0 Å². The molecule has 7 heteroatoms. The van der Waals surface area contributed by atoms with Crippen molar-refractivity contribution >= 4 is 0 Å². The third-order valence-electron chi connectivity index (χ3n) is 2.29. The normalized spacial score (nSPS) is 25.4. The molecule has 1 aromatic rings. The first-order chi connectivity index (χ1) is 7.18. The fraction of sp³-hybridized carbons (Fsp3) is 0.375. The standard InChI is InChI=1S/C8H9FN4O2/c9-5-1-2-6(10-3-5)8-7(13(14)15)4-11-12-8/h1-3,7-8,11-12H,4H2. The van der Waals surface area contributed by atoms with Crippen LogP contribution in [0.3, 0.4) is 0 Å². The summed E-state index contributed by atoms with van der Waals surface area (Å²) in [6.45, 7) is 0.233. The van der Waals surface area contributed by atoms with E-state index in [-0.39, 0.29) is 11.5 Å². The van der Waals surface area contributed by atoms with E-state index in [9.17, 15) is 14.5 Å². The summed E-state index contributed by atoms with van der Waals surface area (Å²) >= 11 is 0. The Bertz CT molecular complexity index is 369. The summed E-state index contributed by atoms with van der Waals surface area (Å²) in [5, 5.41) is 10.7. The summed E-state index contributed by atoms with van der Waals surface area (Å²) < 4.78 is 12.6. The van der Waals surface area contributed by atoms with Gasteiger partial charge in [-0.2, -0.15) is 0 Å². The van der Waals surface area contributed by atoms with E-state index in [0.717, 1.165) is 6.20 Å². The van der Waals surface area contributed by atoms with E-state index < -0.39 is 17.9 Å². The van der Waals surface area contributed by atoms with Crippen molar-refractivity contribution in [2.75, 3.05) is 6.54 Å². The van der Waals surface area contributed by atoms with Crippen LogP contribution in [-0.4, -0.2) is 22.5 Å². The van der Waals surface area contributed by atoms with Crippen molar-refractivity contribution in [2.24, 2.45) is 0 Å². The van der Waals surface area contributed by atoms with Gasteiger partial charge in [0.25, 0.3) is 0 Å². The van der Waals surface area contributed by atoms with Crippen LogP contribution < -0.4 is 10.9 Å². The lowest BCUT2D eigenvalue weighted by Gasteiger charge is -2.10. The number of nitro groups is 1. The molecule has 2 atom stereocenters. The van der Waals surface area contributed by atoms with E-state index in [0.29, 0.717) is 5.69 Å². The second-order valence-corrected chi connectivity index (χ2v) is 3.26. The number of pyridine rings is 1. The van der Waals surface area contributed by atoms with Crippen LogP contribution in [0, 0.1) is 15.9 Å². The molecule has 0 amide bonds. The van der Waals surface area contributed by atoms with Gasteiger partial charge in [-0.1, -0.05) is 0 Å². The van der Waals surface area contributed by atoms with Crippen molar-refractivity contribution in [1.82, 2.24) is 15.8 Å². The minimum atomic E-state index is -0.775. The van der Waals surface area contributed by atoms with E-state index in [2.05, 4.69) is 15.8 Å². The number of nitrogens with zero attached hydrogens (tertiary/aromatic N) is 2. The maximum absolute atomic E-state index is 12.6. The highest BCUT2D eigenvalue weighted by Crippen LogP contribution is 2.19. The van der Waals surface area contributed by atoms with Crippen molar-refractivity contribution in [3.05, 3.63) is 40.0 Å². The lowest BCUT2D eigenvalue weighted by atomic mass is 10.1. The van der Waals surface area contributed by atoms with Crippen LogP contribution in [0.25, 0.3) is 0 Å². The van der Waals surface area contributed by atoms with Crippen molar-refractivity contribution in [3.8, 4) is 0 Å². The first-order valence-corrected chi connectivity index (χ1v) is 4.42. The first kappa shape index (κ1) is 9.94. The van der Waals surface area contributed by atoms with Crippen molar-refractivity contribution in [1.29, 1.82) is 0 Å². The summed E-state index contributed by atoms with van der Waals surface area (Å²) in [5.41, 5.74) is 5.90. The highest BCUT2D eigenvalue weighted by Gasteiger charge is 2.38. The maximum atomic E-state index is 12.6. The highest BCUT2D eigenvalue weighted by molar-refractivity contribution is 5.12. The Balaban J connectivity index is 2.22. The molecule has 0 bridgehead atoms. The Kier molecular flexibility index (Phi) is 2.57. The van der Waals surface area contributed by atoms with Crippen LogP contribution in [0.1, 0.15) is 11.7 Å². The smallest absolute Gasteiger partial charge is 0.248 e. The Morgan fingerprint density at radius 1 is 1.60 bits per heavy atom. The van der Waals surface area contributed by atoms with Crippen LogP contribution in [0.2, 0.25) is 0 Å². The van der Waals surface area contributed by atoms with Gasteiger partial charge in [0.2, 0.25) is 6.04 Å². The SMILES string of the molecule is O=[N+]([O-])C1CNNC1c1ccc(F)cn1. The van der Waals surface area contributed by atoms with Gasteiger partial charge in [-0.15, -0.1) is 0 Å². The first-order valence-electron chi connectivity index (χ1n) is 4.42. The zero-order chi connectivity index (χ0) is 10.8. The van der Waals surface area contributed by atoms with E-state index in [1.807, 2.05) is 0 Å². The summed E-state index contributed by atoms with van der Waals surface area (Å²) in [4.78, 5) is 14.1. The highest BCUT2D eigenvalue weighted by atomic mass is 19.1. The second kappa shape index (κ2) is 3.87. The van der Waals surface area contributed by atoms with Crippen LogP contribution in [0.15, 0.2) is 18.3 Å². The predicted molar refractivity (Wildman–Crippen MR) is 48.9 cm³/mol. The number of hydrogen-bond acceptors (Lipinski definition) is 5. The van der Waals surface area contributed by atoms with Gasteiger partial charge in [0.05, 0.1) is 18.4 Å². The molecule has 1 aliphatic heterocycles. The summed E-state index contributed by atoms with van der Waals surface area (Å²) in [7, 11) is 0. The molecule has 0 aliphatic carbocycles. The Hall–Kier alpha value is -1.60. The lowest BCUT2D eigenvalue weighted by molar-refractivity contribution is -0.521. The molecule has 2 heterocycles. The molecule has 15 heavy (non-hydrogen) atoms. The van der Waals surface area contributed by atoms with E-state index >= 15 is 0 Å². The van der Waals surface area contributed by atoms with Gasteiger partial charge in [0, 0.05) is 4.92 Å². The van der Waals surface area contributed by atoms with Crippen molar-refractivity contribution in [2.45, 2.75) is 12.1 Å². The zero-order valence-corrected chi connectivity index (χ0v) is 7.68. The second-order valence-electron chi connectivity index (χ2n) is 3.26. The topological polar surface area (TPSA) is 80.1 Å². The van der Waals surface area contributed by atoms with Crippen LogP contribution in [0.4, 0.5) is 4.39 Å². The molecular weight excluding hydrogens is 203 g/mol. The van der Waals surface area contributed by atoms with E-state index in [1.165, 1.54) is 12.1 Å². The molecule has 1 fully saturated rings. The molecule has 6 nitrogen and oxygen atoms in total. The summed E-state index contributed by atoms with van der Waals surface area (Å²) in [5.74, 6) is -0.456. The molecule has 1 saturated heterocycles. The number of aromatic nitrogens is 1. The van der Waals surface area contributed by atoms with E-state index in [4.69, 9.17) is 0 Å². The molecule has 1 aromatic heterocycles. The fourth-order valence-electron chi connectivity index (χ4n) is 1.53. The van der Waals surface area contributed by atoms with Crippen molar-refractivity contribution < 1.29 is 9.31 Å². The molecule has 0 radical (unpaired) electrons. The molecule has 2 unspecified atom stereocenters. The summed E-state index contributed by atoms with van der Waals surface area (Å²) in [6, 6.07) is 1.39. The molecule has 2 rings (SSSR count). The molecule has 1 aliphatic rings. The van der Waals surface area contributed by atoms with Gasteiger partial charge in [-0.05, 0) is 12.1 Å². The van der Waals surface area contributed by atoms with Gasteiger partial charge < -0.3 is 0 Å². The van der Waals surface area contributed by atoms with Gasteiger partial charge in [-0.3, -0.25) is 15.1 Å². The molecule has 0 saturated carbocycles. The Labute approximate surface area is 84.6 Å². The number of nitrogens with one attached hydrogen (secondary N) is 2. The number of halogens is 1. The quantitative estimate of drug-likeness (QED) is 0.533. The number of hydrogen-bond donors (Lipinski definition) is 2. The van der Waals surface area contributed by atoms with Crippen LogP contribution in [0.5, 0.6) is 0 Å². The van der Waals surface area contributed by atoms with Crippen LogP contribution in [-0.2, 0) is 0 Å². The number of hydrazine groups is 1. The molecule has 2 N–H and O–H groups in total. The molecule has 80 valence electrons. The average Bonchev–Trinajstić information content (AvgIpc) is 2.67. The molecule has 0 spiro atoms. The maximum Gasteiger partial charge on any atom is 0.248 e. The average molecular weight is 212 g/mol. The summed E-state index contributed by atoms with van der Waals surface area (Å²) in [6.07, 6.45) is 1.05. The minimum Gasteiger partial charge on any atom is -0.264 e. The lowest BCUT2D eigenvalue weighted by Crippen LogP contribution is -2.30. The third-order valence-corrected chi connectivity index (χ3v) is 2.29. The van der Waals surface area contributed by atoms with Crippen LogP contribution >= 0.6 is 0 Å². The predicted octanol–water partition coefficient (Wildman–Crippen LogP) is 0.0149. The van der Waals surface area contributed by atoms with Crippen molar-refractivity contribution in [3.63, 3.8) is 0 Å². The van der Waals surface area contributed by atoms with E-state index in [1.54, 1.807) is 0 Å². The molecular formula is C8H9FN4O2.